The quantitative estimate of drug-likeness (QED) is 0.614. The summed E-state index contributed by atoms with van der Waals surface area (Å²) in [6.45, 7) is 6.39. The number of likely N-dealkylation sites (N-methyl/N-ethyl adjacent to an activating group) is 1. The molecule has 102 valence electrons. The van der Waals surface area contributed by atoms with E-state index in [0.29, 0.717) is 12.5 Å². The maximum atomic E-state index is 10.5. The van der Waals surface area contributed by atoms with Crippen LogP contribution in [0.2, 0.25) is 0 Å². The lowest BCUT2D eigenvalue weighted by Gasteiger charge is -2.34. The fraction of sp³-hybridized carbons (Fsp3) is 1.00. The molecular weight excluding hydrogens is 214 g/mol. The van der Waals surface area contributed by atoms with Crippen molar-refractivity contribution >= 4 is 0 Å². The van der Waals surface area contributed by atoms with Crippen LogP contribution in [0.4, 0.5) is 0 Å². The highest BCUT2D eigenvalue weighted by Crippen LogP contribution is 2.39. The third kappa shape index (κ3) is 4.92. The standard InChI is InChI=1S/C13H29N3O/c1-4-7-16(9-8-15(2)3)11-13(17,10-14)12-5-6-12/h12,17H,4-11,14H2,1-3H3. The van der Waals surface area contributed by atoms with E-state index in [1.54, 1.807) is 0 Å². The molecule has 0 aromatic carbocycles. The van der Waals surface area contributed by atoms with Gasteiger partial charge < -0.3 is 15.7 Å². The van der Waals surface area contributed by atoms with Crippen LogP contribution in [-0.2, 0) is 0 Å². The number of aliphatic hydroxyl groups is 1. The first kappa shape index (κ1) is 14.9. The second-order valence-electron chi connectivity index (χ2n) is 5.66. The van der Waals surface area contributed by atoms with E-state index in [4.69, 9.17) is 5.73 Å². The van der Waals surface area contributed by atoms with Gasteiger partial charge in [0.2, 0.25) is 0 Å². The molecule has 0 aromatic rings. The number of hydrogen-bond donors (Lipinski definition) is 2. The van der Waals surface area contributed by atoms with Crippen LogP contribution < -0.4 is 5.73 Å². The second kappa shape index (κ2) is 6.69. The van der Waals surface area contributed by atoms with Gasteiger partial charge in [-0.25, -0.2) is 0 Å². The maximum absolute atomic E-state index is 10.5. The molecule has 1 rings (SSSR count). The number of hydrogen-bond acceptors (Lipinski definition) is 4. The second-order valence-corrected chi connectivity index (χ2v) is 5.66. The third-order valence-electron chi connectivity index (χ3n) is 3.59. The molecule has 1 aliphatic carbocycles. The van der Waals surface area contributed by atoms with Crippen LogP contribution in [0.1, 0.15) is 26.2 Å². The fourth-order valence-corrected chi connectivity index (χ4v) is 2.30. The Hall–Kier alpha value is -0.160. The number of rotatable bonds is 9. The van der Waals surface area contributed by atoms with Crippen molar-refractivity contribution < 1.29 is 5.11 Å². The molecule has 1 atom stereocenters. The Labute approximate surface area is 106 Å². The molecule has 0 aromatic heterocycles. The minimum atomic E-state index is -0.651. The minimum Gasteiger partial charge on any atom is -0.387 e. The van der Waals surface area contributed by atoms with Crippen molar-refractivity contribution in [2.75, 3.05) is 46.8 Å². The molecule has 0 amide bonds. The predicted octanol–water partition coefficient (Wildman–Crippen LogP) is 0.360. The Balaban J connectivity index is 2.45. The number of nitrogens with zero attached hydrogens (tertiary/aromatic N) is 2. The van der Waals surface area contributed by atoms with Crippen LogP contribution in [0, 0.1) is 5.92 Å². The Morgan fingerprint density at radius 3 is 2.29 bits per heavy atom. The highest BCUT2D eigenvalue weighted by Gasteiger charge is 2.43. The van der Waals surface area contributed by atoms with Gasteiger partial charge in [0.05, 0.1) is 5.60 Å². The summed E-state index contributed by atoms with van der Waals surface area (Å²) in [7, 11) is 4.17. The first-order valence-corrected chi connectivity index (χ1v) is 6.81. The van der Waals surface area contributed by atoms with Crippen molar-refractivity contribution in [3.8, 4) is 0 Å². The molecule has 4 nitrogen and oxygen atoms in total. The van der Waals surface area contributed by atoms with E-state index in [0.717, 1.165) is 45.4 Å². The van der Waals surface area contributed by atoms with Crippen LogP contribution in [0.3, 0.4) is 0 Å². The van der Waals surface area contributed by atoms with Crippen molar-refractivity contribution in [2.24, 2.45) is 11.7 Å². The van der Waals surface area contributed by atoms with Gasteiger partial charge in [-0.15, -0.1) is 0 Å². The molecule has 4 heteroatoms. The van der Waals surface area contributed by atoms with Crippen molar-refractivity contribution in [1.29, 1.82) is 0 Å². The lowest BCUT2D eigenvalue weighted by Crippen LogP contribution is -2.51. The molecule has 1 unspecified atom stereocenters. The van der Waals surface area contributed by atoms with Crippen molar-refractivity contribution in [1.82, 2.24) is 9.80 Å². The van der Waals surface area contributed by atoms with E-state index >= 15 is 0 Å². The fourth-order valence-electron chi connectivity index (χ4n) is 2.30. The van der Waals surface area contributed by atoms with Crippen molar-refractivity contribution in [2.45, 2.75) is 31.8 Å². The normalized spacial score (nSPS) is 19.9. The maximum Gasteiger partial charge on any atom is 0.0923 e. The molecule has 0 radical (unpaired) electrons. The zero-order valence-corrected chi connectivity index (χ0v) is 11.7. The molecule has 3 N–H and O–H groups in total. The minimum absolute atomic E-state index is 0.389. The average Bonchev–Trinajstić information content (AvgIpc) is 3.10. The topological polar surface area (TPSA) is 52.7 Å². The molecule has 1 saturated carbocycles. The third-order valence-corrected chi connectivity index (χ3v) is 3.59. The number of nitrogens with two attached hydrogens (primary N) is 1. The van der Waals surface area contributed by atoms with E-state index in [2.05, 4.69) is 30.8 Å². The molecule has 0 spiro atoms. The first-order chi connectivity index (χ1) is 8.01. The van der Waals surface area contributed by atoms with Crippen LogP contribution in [0.25, 0.3) is 0 Å². The SMILES string of the molecule is CCCN(CCN(C)C)CC(O)(CN)C1CC1. The average molecular weight is 243 g/mol. The summed E-state index contributed by atoms with van der Waals surface area (Å²) in [6, 6.07) is 0. The van der Waals surface area contributed by atoms with E-state index < -0.39 is 5.60 Å². The van der Waals surface area contributed by atoms with Crippen molar-refractivity contribution in [3.63, 3.8) is 0 Å². The van der Waals surface area contributed by atoms with E-state index in [9.17, 15) is 5.11 Å². The van der Waals surface area contributed by atoms with Gasteiger partial charge in [-0.3, -0.25) is 4.90 Å². The largest absolute Gasteiger partial charge is 0.387 e. The summed E-state index contributed by atoms with van der Waals surface area (Å²) >= 11 is 0. The molecule has 0 bridgehead atoms. The lowest BCUT2D eigenvalue weighted by atomic mass is 9.97. The highest BCUT2D eigenvalue weighted by atomic mass is 16.3. The summed E-state index contributed by atoms with van der Waals surface area (Å²) in [4.78, 5) is 4.53. The van der Waals surface area contributed by atoms with Gasteiger partial charge in [0.25, 0.3) is 0 Å². The molecule has 0 aliphatic heterocycles. The van der Waals surface area contributed by atoms with Gasteiger partial charge in [0.1, 0.15) is 0 Å². The van der Waals surface area contributed by atoms with E-state index in [1.807, 2.05) is 0 Å². The van der Waals surface area contributed by atoms with E-state index in [-0.39, 0.29) is 0 Å². The first-order valence-electron chi connectivity index (χ1n) is 6.81. The summed E-state index contributed by atoms with van der Waals surface area (Å²) < 4.78 is 0. The lowest BCUT2D eigenvalue weighted by molar-refractivity contribution is -0.00936. The van der Waals surface area contributed by atoms with Gasteiger partial charge in [-0.1, -0.05) is 6.92 Å². The van der Waals surface area contributed by atoms with Gasteiger partial charge in [-0.05, 0) is 45.8 Å². The monoisotopic (exact) mass is 243 g/mol. The molecule has 17 heavy (non-hydrogen) atoms. The van der Waals surface area contributed by atoms with Crippen LogP contribution in [0.5, 0.6) is 0 Å². The zero-order valence-electron chi connectivity index (χ0n) is 11.7. The summed E-state index contributed by atoms with van der Waals surface area (Å²) in [6.07, 6.45) is 3.40. The molecule has 0 heterocycles. The van der Waals surface area contributed by atoms with Crippen molar-refractivity contribution in [3.05, 3.63) is 0 Å². The van der Waals surface area contributed by atoms with E-state index in [1.165, 1.54) is 0 Å². The van der Waals surface area contributed by atoms with Crippen LogP contribution in [-0.4, -0.2) is 67.3 Å². The van der Waals surface area contributed by atoms with Gasteiger partial charge in [-0.2, -0.15) is 0 Å². The summed E-state index contributed by atoms with van der Waals surface area (Å²) in [5, 5.41) is 10.5. The molecule has 1 aliphatic rings. The van der Waals surface area contributed by atoms with Gasteiger partial charge >= 0.3 is 0 Å². The molecule has 1 fully saturated rings. The Morgan fingerprint density at radius 2 is 1.88 bits per heavy atom. The van der Waals surface area contributed by atoms with Gasteiger partial charge in [0.15, 0.2) is 0 Å². The van der Waals surface area contributed by atoms with Gasteiger partial charge in [0, 0.05) is 26.2 Å². The zero-order chi connectivity index (χ0) is 12.9. The van der Waals surface area contributed by atoms with Crippen LogP contribution >= 0.6 is 0 Å². The predicted molar refractivity (Wildman–Crippen MR) is 72.0 cm³/mol. The Bertz CT molecular complexity index is 219. The summed E-state index contributed by atoms with van der Waals surface area (Å²) in [5.74, 6) is 0.436. The highest BCUT2D eigenvalue weighted by molar-refractivity contribution is 4.97. The van der Waals surface area contributed by atoms with Crippen LogP contribution in [0.15, 0.2) is 0 Å². The molecular formula is C13H29N3O. The Morgan fingerprint density at radius 1 is 1.24 bits per heavy atom. The smallest absolute Gasteiger partial charge is 0.0923 e. The summed E-state index contributed by atoms with van der Waals surface area (Å²) in [5.41, 5.74) is 5.11. The Kier molecular flexibility index (Phi) is 5.86. The molecule has 0 saturated heterocycles.